The van der Waals surface area contributed by atoms with E-state index in [1.54, 1.807) is 21.0 Å². The molecular weight excluding hydrogens is 222 g/mol. The van der Waals surface area contributed by atoms with E-state index in [1.165, 1.54) is 0 Å². The van der Waals surface area contributed by atoms with Gasteiger partial charge in [-0.25, -0.2) is 0 Å². The predicted molar refractivity (Wildman–Crippen MR) is 64.7 cm³/mol. The van der Waals surface area contributed by atoms with Crippen LogP contribution in [-0.4, -0.2) is 36.7 Å². The first-order valence-electron chi connectivity index (χ1n) is 5.81. The highest BCUT2D eigenvalue weighted by atomic mass is 16.5. The Morgan fingerprint density at radius 3 is 2.35 bits per heavy atom. The normalized spacial score (nSPS) is 13.2. The highest BCUT2D eigenvalue weighted by molar-refractivity contribution is 5.78. The molecule has 0 aliphatic carbocycles. The molecule has 0 fully saturated rings. The van der Waals surface area contributed by atoms with Crippen LogP contribution < -0.4 is 5.32 Å². The number of amides is 1. The van der Waals surface area contributed by atoms with E-state index in [0.717, 1.165) is 6.42 Å². The van der Waals surface area contributed by atoms with Crippen LogP contribution in [0.25, 0.3) is 0 Å². The van der Waals surface area contributed by atoms with E-state index in [4.69, 9.17) is 9.84 Å². The van der Waals surface area contributed by atoms with Gasteiger partial charge in [0.1, 0.15) is 0 Å². The van der Waals surface area contributed by atoms with Gasteiger partial charge in [0.25, 0.3) is 0 Å². The van der Waals surface area contributed by atoms with Crippen molar-refractivity contribution in [2.75, 3.05) is 13.7 Å². The average molecular weight is 245 g/mol. The lowest BCUT2D eigenvalue weighted by molar-refractivity contribution is -0.139. The number of nitrogens with one attached hydrogen (secondary N) is 1. The fourth-order valence-corrected chi connectivity index (χ4v) is 1.65. The zero-order valence-electron chi connectivity index (χ0n) is 11.1. The molecule has 17 heavy (non-hydrogen) atoms. The van der Waals surface area contributed by atoms with Crippen molar-refractivity contribution in [3.63, 3.8) is 0 Å². The van der Waals surface area contributed by atoms with Gasteiger partial charge in [-0.2, -0.15) is 0 Å². The van der Waals surface area contributed by atoms with Crippen LogP contribution in [0.2, 0.25) is 0 Å². The second kappa shape index (κ2) is 7.27. The lowest BCUT2D eigenvalue weighted by Crippen LogP contribution is -2.39. The van der Waals surface area contributed by atoms with E-state index >= 15 is 0 Å². The van der Waals surface area contributed by atoms with E-state index in [1.807, 2.05) is 6.92 Å². The number of carboxylic acid groups (broad SMARTS) is 1. The standard InChI is InChI=1S/C12H23NO4/c1-5-9(8-17-4)13-10(14)6-12(2,3)7-11(15)16/h9H,5-8H2,1-4H3,(H,13,14)(H,15,16). The summed E-state index contributed by atoms with van der Waals surface area (Å²) >= 11 is 0. The van der Waals surface area contributed by atoms with E-state index in [0.29, 0.717) is 6.61 Å². The van der Waals surface area contributed by atoms with Gasteiger partial charge in [-0.15, -0.1) is 0 Å². The summed E-state index contributed by atoms with van der Waals surface area (Å²) in [5.41, 5.74) is -0.527. The molecule has 1 amide bonds. The molecule has 0 aromatic carbocycles. The van der Waals surface area contributed by atoms with Crippen molar-refractivity contribution in [2.45, 2.75) is 46.1 Å². The van der Waals surface area contributed by atoms with Gasteiger partial charge in [0.15, 0.2) is 0 Å². The molecule has 1 unspecified atom stereocenters. The van der Waals surface area contributed by atoms with Crippen molar-refractivity contribution >= 4 is 11.9 Å². The molecule has 0 heterocycles. The van der Waals surface area contributed by atoms with Gasteiger partial charge in [0.2, 0.25) is 5.91 Å². The Morgan fingerprint density at radius 2 is 1.94 bits per heavy atom. The molecule has 0 rings (SSSR count). The first kappa shape index (κ1) is 15.9. The Bertz CT molecular complexity index is 263. The van der Waals surface area contributed by atoms with Crippen molar-refractivity contribution in [3.8, 4) is 0 Å². The second-order valence-corrected chi connectivity index (χ2v) is 5.04. The number of hydrogen-bond acceptors (Lipinski definition) is 3. The van der Waals surface area contributed by atoms with Crippen molar-refractivity contribution in [1.29, 1.82) is 0 Å². The van der Waals surface area contributed by atoms with Crippen LogP contribution in [0.15, 0.2) is 0 Å². The molecule has 0 aromatic heterocycles. The van der Waals surface area contributed by atoms with Crippen LogP contribution in [0.3, 0.4) is 0 Å². The minimum absolute atomic E-state index is 0.00636. The zero-order valence-corrected chi connectivity index (χ0v) is 11.1. The minimum Gasteiger partial charge on any atom is -0.481 e. The third-order valence-electron chi connectivity index (χ3n) is 2.49. The fraction of sp³-hybridized carbons (Fsp3) is 0.833. The fourth-order valence-electron chi connectivity index (χ4n) is 1.65. The van der Waals surface area contributed by atoms with Gasteiger partial charge in [-0.1, -0.05) is 20.8 Å². The number of aliphatic carboxylic acids is 1. The first-order valence-corrected chi connectivity index (χ1v) is 5.81. The smallest absolute Gasteiger partial charge is 0.303 e. The molecule has 0 aromatic rings. The van der Waals surface area contributed by atoms with E-state index in [-0.39, 0.29) is 24.8 Å². The number of methoxy groups -OCH3 is 1. The third-order valence-corrected chi connectivity index (χ3v) is 2.49. The van der Waals surface area contributed by atoms with Gasteiger partial charge in [0.05, 0.1) is 19.1 Å². The summed E-state index contributed by atoms with van der Waals surface area (Å²) in [5, 5.41) is 11.6. The highest BCUT2D eigenvalue weighted by Crippen LogP contribution is 2.24. The molecule has 0 spiro atoms. The number of carbonyl (C=O) groups excluding carboxylic acids is 1. The molecule has 5 nitrogen and oxygen atoms in total. The maximum absolute atomic E-state index is 11.7. The summed E-state index contributed by atoms with van der Waals surface area (Å²) in [6.45, 7) is 5.99. The second-order valence-electron chi connectivity index (χ2n) is 5.04. The van der Waals surface area contributed by atoms with Gasteiger partial charge in [0, 0.05) is 13.5 Å². The largest absolute Gasteiger partial charge is 0.481 e. The number of hydrogen-bond donors (Lipinski definition) is 2. The van der Waals surface area contributed by atoms with Crippen molar-refractivity contribution in [1.82, 2.24) is 5.32 Å². The first-order chi connectivity index (χ1) is 7.80. The topological polar surface area (TPSA) is 75.6 Å². The lowest BCUT2D eigenvalue weighted by Gasteiger charge is -2.23. The van der Waals surface area contributed by atoms with Gasteiger partial charge in [-0.05, 0) is 11.8 Å². The van der Waals surface area contributed by atoms with Crippen LogP contribution in [0.5, 0.6) is 0 Å². The molecule has 0 radical (unpaired) electrons. The number of rotatable bonds is 8. The van der Waals surface area contributed by atoms with Crippen LogP contribution in [0.4, 0.5) is 0 Å². The van der Waals surface area contributed by atoms with Gasteiger partial charge in [-0.3, -0.25) is 9.59 Å². The quantitative estimate of drug-likeness (QED) is 0.678. The molecule has 0 saturated heterocycles. The SMILES string of the molecule is CCC(COC)NC(=O)CC(C)(C)CC(=O)O. The highest BCUT2D eigenvalue weighted by Gasteiger charge is 2.25. The predicted octanol–water partition coefficient (Wildman–Crippen LogP) is 1.42. The van der Waals surface area contributed by atoms with Crippen molar-refractivity contribution in [2.24, 2.45) is 5.41 Å². The summed E-state index contributed by atoms with van der Waals surface area (Å²) in [7, 11) is 1.59. The van der Waals surface area contributed by atoms with Crippen LogP contribution >= 0.6 is 0 Å². The molecule has 0 aliphatic rings. The Labute approximate surface area is 103 Å². The van der Waals surface area contributed by atoms with Gasteiger partial charge >= 0.3 is 5.97 Å². The van der Waals surface area contributed by atoms with Crippen LogP contribution in [-0.2, 0) is 14.3 Å². The Hall–Kier alpha value is -1.10. The van der Waals surface area contributed by atoms with E-state index in [9.17, 15) is 9.59 Å². The van der Waals surface area contributed by atoms with Crippen LogP contribution in [0.1, 0.15) is 40.0 Å². The zero-order chi connectivity index (χ0) is 13.5. The average Bonchev–Trinajstić information content (AvgIpc) is 2.13. The molecule has 0 bridgehead atoms. The van der Waals surface area contributed by atoms with Crippen LogP contribution in [0, 0.1) is 5.41 Å². The summed E-state index contributed by atoms with van der Waals surface area (Å²) in [6, 6.07) is -0.00636. The van der Waals surface area contributed by atoms with E-state index < -0.39 is 11.4 Å². The Morgan fingerprint density at radius 1 is 1.35 bits per heavy atom. The molecule has 0 aliphatic heterocycles. The summed E-state index contributed by atoms with van der Waals surface area (Å²) in [5.74, 6) is -1.01. The summed E-state index contributed by atoms with van der Waals surface area (Å²) < 4.78 is 4.98. The molecule has 5 heteroatoms. The third kappa shape index (κ3) is 7.74. The van der Waals surface area contributed by atoms with Gasteiger partial charge < -0.3 is 15.2 Å². The number of ether oxygens (including phenoxy) is 1. The summed E-state index contributed by atoms with van der Waals surface area (Å²) in [4.78, 5) is 22.4. The minimum atomic E-state index is -0.883. The number of carbonyl (C=O) groups is 2. The summed E-state index contributed by atoms with van der Waals surface area (Å²) in [6.07, 6.45) is 0.986. The molecule has 0 saturated carbocycles. The maximum Gasteiger partial charge on any atom is 0.303 e. The van der Waals surface area contributed by atoms with E-state index in [2.05, 4.69) is 5.32 Å². The Balaban J connectivity index is 4.19. The molecule has 100 valence electrons. The molecular formula is C12H23NO4. The Kier molecular flexibility index (Phi) is 6.80. The number of carboxylic acids is 1. The lowest BCUT2D eigenvalue weighted by atomic mass is 9.85. The molecule has 2 N–H and O–H groups in total. The van der Waals surface area contributed by atoms with Crippen molar-refractivity contribution in [3.05, 3.63) is 0 Å². The maximum atomic E-state index is 11.7. The molecule has 1 atom stereocenters. The van der Waals surface area contributed by atoms with Crippen molar-refractivity contribution < 1.29 is 19.4 Å². The monoisotopic (exact) mass is 245 g/mol.